The van der Waals surface area contributed by atoms with Crippen LogP contribution in [-0.2, 0) is 6.54 Å². The second-order valence-corrected chi connectivity index (χ2v) is 8.22. The van der Waals surface area contributed by atoms with E-state index in [0.29, 0.717) is 29.3 Å². The van der Waals surface area contributed by atoms with Crippen LogP contribution in [0.1, 0.15) is 47.7 Å². The third kappa shape index (κ3) is 5.04. The average molecular weight is 409 g/mol. The van der Waals surface area contributed by atoms with Crippen molar-refractivity contribution in [2.45, 2.75) is 46.6 Å². The maximum atomic E-state index is 12.9. The first-order valence-electron chi connectivity index (χ1n) is 10.1. The zero-order chi connectivity index (χ0) is 20.8. The van der Waals surface area contributed by atoms with Crippen LogP contribution in [0.25, 0.3) is 10.2 Å². The van der Waals surface area contributed by atoms with Crippen molar-refractivity contribution < 1.29 is 9.53 Å². The van der Waals surface area contributed by atoms with Gasteiger partial charge in [0.05, 0.1) is 16.8 Å². The Morgan fingerprint density at radius 3 is 2.83 bits per heavy atom. The molecule has 2 aromatic carbocycles. The van der Waals surface area contributed by atoms with Gasteiger partial charge < -0.3 is 9.30 Å². The van der Waals surface area contributed by atoms with Crippen LogP contribution in [0.4, 0.5) is 0 Å². The molecule has 0 aliphatic heterocycles. The van der Waals surface area contributed by atoms with E-state index in [9.17, 15) is 4.79 Å². The molecule has 1 aromatic heterocycles. The summed E-state index contributed by atoms with van der Waals surface area (Å²) in [4.78, 5) is 18.0. The van der Waals surface area contributed by atoms with Gasteiger partial charge in [0.25, 0.3) is 5.91 Å². The summed E-state index contributed by atoms with van der Waals surface area (Å²) in [6.45, 7) is 11.5. The van der Waals surface area contributed by atoms with E-state index in [-0.39, 0.29) is 5.91 Å². The SMILES string of the molecule is C=CCn1c(=NC(=O)c2cccc(OCCCCC)c2)sc2cc(C)cc(C)c21. The highest BCUT2D eigenvalue weighted by Crippen LogP contribution is 2.23. The van der Waals surface area contributed by atoms with Crippen LogP contribution in [-0.4, -0.2) is 17.1 Å². The number of allylic oxidation sites excluding steroid dienone is 1. The predicted molar refractivity (Wildman–Crippen MR) is 121 cm³/mol. The molecule has 0 saturated carbocycles. The number of ether oxygens (including phenoxy) is 1. The number of nitrogens with zero attached hydrogens (tertiary/aromatic N) is 2. The molecular weight excluding hydrogens is 380 g/mol. The molecule has 0 unspecified atom stereocenters. The zero-order valence-electron chi connectivity index (χ0n) is 17.4. The molecule has 0 N–H and O–H groups in total. The quantitative estimate of drug-likeness (QED) is 0.348. The first-order valence-corrected chi connectivity index (χ1v) is 10.9. The highest BCUT2D eigenvalue weighted by molar-refractivity contribution is 7.16. The minimum absolute atomic E-state index is 0.261. The van der Waals surface area contributed by atoms with E-state index < -0.39 is 0 Å². The molecule has 4 nitrogen and oxygen atoms in total. The number of thiazole rings is 1. The number of fused-ring (bicyclic) bond motifs is 1. The maximum Gasteiger partial charge on any atom is 0.279 e. The Bertz CT molecular complexity index is 1090. The molecule has 5 heteroatoms. The van der Waals surface area contributed by atoms with Crippen LogP contribution >= 0.6 is 11.3 Å². The predicted octanol–water partition coefficient (Wildman–Crippen LogP) is 5.82. The molecule has 0 bridgehead atoms. The lowest BCUT2D eigenvalue weighted by Crippen LogP contribution is -2.16. The molecule has 29 heavy (non-hydrogen) atoms. The highest BCUT2D eigenvalue weighted by Gasteiger charge is 2.11. The largest absolute Gasteiger partial charge is 0.494 e. The van der Waals surface area contributed by atoms with Gasteiger partial charge in [-0.05, 0) is 55.7 Å². The summed E-state index contributed by atoms with van der Waals surface area (Å²) in [6.07, 6.45) is 5.14. The first kappa shape index (κ1) is 21.1. The van der Waals surface area contributed by atoms with Crippen LogP contribution in [0.2, 0.25) is 0 Å². The fraction of sp³-hybridized carbons (Fsp3) is 0.333. The number of hydrogen-bond acceptors (Lipinski definition) is 3. The number of carbonyl (C=O) groups is 1. The minimum atomic E-state index is -0.261. The number of carbonyl (C=O) groups excluding carboxylic acids is 1. The summed E-state index contributed by atoms with van der Waals surface area (Å²) in [7, 11) is 0. The smallest absolute Gasteiger partial charge is 0.279 e. The number of rotatable bonds is 8. The Morgan fingerprint density at radius 1 is 1.24 bits per heavy atom. The molecule has 0 radical (unpaired) electrons. The normalized spacial score (nSPS) is 11.8. The number of amides is 1. The van der Waals surface area contributed by atoms with Gasteiger partial charge in [-0.3, -0.25) is 4.79 Å². The number of hydrogen-bond donors (Lipinski definition) is 0. The molecule has 0 spiro atoms. The number of aromatic nitrogens is 1. The van der Waals surface area contributed by atoms with E-state index in [1.165, 1.54) is 22.5 Å². The van der Waals surface area contributed by atoms with Gasteiger partial charge in [0, 0.05) is 12.1 Å². The van der Waals surface area contributed by atoms with Crippen LogP contribution < -0.4 is 9.54 Å². The molecule has 1 amide bonds. The third-order valence-corrected chi connectivity index (χ3v) is 5.74. The van der Waals surface area contributed by atoms with E-state index in [0.717, 1.165) is 29.5 Å². The maximum absolute atomic E-state index is 12.9. The lowest BCUT2D eigenvalue weighted by atomic mass is 10.1. The van der Waals surface area contributed by atoms with E-state index in [2.05, 4.69) is 49.0 Å². The van der Waals surface area contributed by atoms with Crippen molar-refractivity contribution in [1.29, 1.82) is 0 Å². The fourth-order valence-electron chi connectivity index (χ4n) is 3.39. The second kappa shape index (κ2) is 9.70. The summed E-state index contributed by atoms with van der Waals surface area (Å²) >= 11 is 1.54. The van der Waals surface area contributed by atoms with Crippen molar-refractivity contribution in [2.75, 3.05) is 6.61 Å². The summed E-state index contributed by atoms with van der Waals surface area (Å²) < 4.78 is 8.97. The number of aryl methyl sites for hydroxylation is 2. The van der Waals surface area contributed by atoms with Crippen molar-refractivity contribution in [3.63, 3.8) is 0 Å². The van der Waals surface area contributed by atoms with Crippen molar-refractivity contribution in [3.05, 3.63) is 70.5 Å². The Hall–Kier alpha value is -2.66. The molecule has 0 aliphatic carbocycles. The molecular formula is C24H28N2O2S. The lowest BCUT2D eigenvalue weighted by Gasteiger charge is -2.06. The topological polar surface area (TPSA) is 43.6 Å². The second-order valence-electron chi connectivity index (χ2n) is 7.21. The highest BCUT2D eigenvalue weighted by atomic mass is 32.1. The fourth-order valence-corrected chi connectivity index (χ4v) is 4.60. The van der Waals surface area contributed by atoms with Gasteiger partial charge in [-0.2, -0.15) is 4.99 Å². The number of benzene rings is 2. The molecule has 0 saturated heterocycles. The average Bonchev–Trinajstić information content (AvgIpc) is 3.03. The number of unbranched alkanes of at least 4 members (excludes halogenated alkanes) is 2. The third-order valence-electron chi connectivity index (χ3n) is 4.72. The van der Waals surface area contributed by atoms with Crippen molar-refractivity contribution in [2.24, 2.45) is 4.99 Å². The Kier molecular flexibility index (Phi) is 7.04. The van der Waals surface area contributed by atoms with E-state index in [4.69, 9.17) is 4.74 Å². The molecule has 0 atom stereocenters. The molecule has 152 valence electrons. The van der Waals surface area contributed by atoms with Crippen LogP contribution in [0.3, 0.4) is 0 Å². The summed E-state index contributed by atoms with van der Waals surface area (Å²) in [5, 5.41) is 0. The van der Waals surface area contributed by atoms with Gasteiger partial charge in [-0.15, -0.1) is 6.58 Å². The lowest BCUT2D eigenvalue weighted by molar-refractivity contribution is 0.0997. The molecule has 3 aromatic rings. The van der Waals surface area contributed by atoms with E-state index in [1.807, 2.05) is 18.2 Å². The van der Waals surface area contributed by atoms with Gasteiger partial charge >= 0.3 is 0 Å². The Balaban J connectivity index is 1.94. The molecule has 0 fully saturated rings. The van der Waals surface area contributed by atoms with E-state index in [1.54, 1.807) is 12.1 Å². The van der Waals surface area contributed by atoms with Crippen molar-refractivity contribution in [1.82, 2.24) is 4.57 Å². The molecule has 0 aliphatic rings. The summed E-state index contributed by atoms with van der Waals surface area (Å²) in [5.74, 6) is 0.451. The molecule has 1 heterocycles. The van der Waals surface area contributed by atoms with E-state index >= 15 is 0 Å². The van der Waals surface area contributed by atoms with Crippen LogP contribution in [0.15, 0.2) is 54.0 Å². The van der Waals surface area contributed by atoms with Crippen molar-refractivity contribution >= 4 is 27.5 Å². The summed E-state index contributed by atoms with van der Waals surface area (Å²) in [6, 6.07) is 11.6. The molecule has 3 rings (SSSR count). The van der Waals surface area contributed by atoms with Crippen LogP contribution in [0, 0.1) is 13.8 Å². The van der Waals surface area contributed by atoms with Crippen LogP contribution in [0.5, 0.6) is 5.75 Å². The summed E-state index contributed by atoms with van der Waals surface area (Å²) in [5.41, 5.74) is 4.02. The zero-order valence-corrected chi connectivity index (χ0v) is 18.2. The van der Waals surface area contributed by atoms with Gasteiger partial charge in [0.1, 0.15) is 5.75 Å². The minimum Gasteiger partial charge on any atom is -0.494 e. The standard InChI is InChI=1S/C24H28N2O2S/c1-5-7-8-13-28-20-11-9-10-19(16-20)23(27)25-24-26(12-6-2)22-18(4)14-17(3)15-21(22)29-24/h6,9-11,14-16H,2,5,7-8,12-13H2,1,3-4H3. The van der Waals surface area contributed by atoms with Gasteiger partial charge in [0.2, 0.25) is 0 Å². The van der Waals surface area contributed by atoms with Gasteiger partial charge in [-0.25, -0.2) is 0 Å². The van der Waals surface area contributed by atoms with Gasteiger partial charge in [0.15, 0.2) is 4.80 Å². The monoisotopic (exact) mass is 408 g/mol. The first-order chi connectivity index (χ1) is 14.0. The Labute approximate surface area is 176 Å². The van der Waals surface area contributed by atoms with Crippen molar-refractivity contribution in [3.8, 4) is 5.75 Å². The Morgan fingerprint density at radius 2 is 2.07 bits per heavy atom. The van der Waals surface area contributed by atoms with Gasteiger partial charge in [-0.1, -0.05) is 49.3 Å².